The number of H-pyrrole nitrogens is 1. The number of aromatic amines is 1. The molecule has 0 unspecified atom stereocenters. The summed E-state index contributed by atoms with van der Waals surface area (Å²) in [5, 5.41) is 0.664. The molecule has 90 valence electrons. The third-order valence-electron chi connectivity index (χ3n) is 2.67. The molecule has 0 amide bonds. The fourth-order valence-corrected chi connectivity index (χ4v) is 2.21. The van der Waals surface area contributed by atoms with Crippen LogP contribution >= 0.6 is 27.5 Å². The zero-order chi connectivity index (χ0) is 12.7. The van der Waals surface area contributed by atoms with Gasteiger partial charge in [0.1, 0.15) is 5.82 Å². The van der Waals surface area contributed by atoms with Gasteiger partial charge >= 0.3 is 0 Å². The molecular weight excluding hydrogens is 314 g/mol. The summed E-state index contributed by atoms with van der Waals surface area (Å²) in [4.78, 5) is 12.0. The van der Waals surface area contributed by atoms with Crippen LogP contribution < -0.4 is 0 Å². The van der Waals surface area contributed by atoms with Crippen LogP contribution in [0.25, 0.3) is 22.6 Å². The molecule has 0 aliphatic carbocycles. The van der Waals surface area contributed by atoms with E-state index in [1.165, 1.54) is 0 Å². The minimum absolute atomic E-state index is 0.664. The molecule has 0 saturated heterocycles. The molecule has 0 atom stereocenters. The summed E-state index contributed by atoms with van der Waals surface area (Å²) in [6.07, 6.45) is 1.81. The van der Waals surface area contributed by atoms with Crippen LogP contribution in [0.1, 0.15) is 5.56 Å². The Kier molecular flexibility index (Phi) is 2.84. The maximum absolute atomic E-state index is 6.08. The Labute approximate surface area is 117 Å². The molecule has 0 spiro atoms. The third kappa shape index (κ3) is 2.02. The second-order valence-electron chi connectivity index (χ2n) is 4.10. The average Bonchev–Trinajstić information content (AvgIpc) is 2.75. The van der Waals surface area contributed by atoms with Gasteiger partial charge in [0.2, 0.25) is 0 Å². The van der Waals surface area contributed by atoms with Crippen molar-refractivity contribution in [2.75, 3.05) is 0 Å². The number of aromatic nitrogens is 3. The van der Waals surface area contributed by atoms with E-state index in [4.69, 9.17) is 11.6 Å². The number of halogens is 2. The van der Waals surface area contributed by atoms with Gasteiger partial charge in [-0.05, 0) is 46.6 Å². The van der Waals surface area contributed by atoms with Crippen molar-refractivity contribution in [3.8, 4) is 11.4 Å². The van der Waals surface area contributed by atoms with Crippen LogP contribution in [0.4, 0.5) is 0 Å². The van der Waals surface area contributed by atoms with Crippen molar-refractivity contribution < 1.29 is 0 Å². The smallest absolute Gasteiger partial charge is 0.178 e. The monoisotopic (exact) mass is 321 g/mol. The maximum atomic E-state index is 6.08. The number of pyridine rings is 1. The number of benzene rings is 1. The molecule has 3 rings (SSSR count). The van der Waals surface area contributed by atoms with Gasteiger partial charge in [-0.15, -0.1) is 0 Å². The molecule has 0 bridgehead atoms. The summed E-state index contributed by atoms with van der Waals surface area (Å²) in [5.74, 6) is 0.775. The summed E-state index contributed by atoms with van der Waals surface area (Å²) in [7, 11) is 0. The second-order valence-corrected chi connectivity index (χ2v) is 5.36. The number of hydrogen-bond donors (Lipinski definition) is 1. The normalized spacial score (nSPS) is 11.1. The molecule has 18 heavy (non-hydrogen) atoms. The highest BCUT2D eigenvalue weighted by Crippen LogP contribution is 2.28. The highest BCUT2D eigenvalue weighted by Gasteiger charge is 2.08. The van der Waals surface area contributed by atoms with Crippen molar-refractivity contribution in [1.82, 2.24) is 15.0 Å². The first-order chi connectivity index (χ1) is 8.63. The summed E-state index contributed by atoms with van der Waals surface area (Å²) in [5.41, 5.74) is 3.70. The molecular formula is C13H9BrClN3. The average molecular weight is 323 g/mol. The van der Waals surface area contributed by atoms with Crippen LogP contribution in [0.5, 0.6) is 0 Å². The number of aryl methyl sites for hydroxylation is 1. The van der Waals surface area contributed by atoms with Crippen molar-refractivity contribution in [2.24, 2.45) is 0 Å². The number of rotatable bonds is 1. The number of hydrogen-bond acceptors (Lipinski definition) is 2. The molecule has 0 aliphatic rings. The Balaban J connectivity index is 2.16. The van der Waals surface area contributed by atoms with E-state index < -0.39 is 0 Å². The minimum Gasteiger partial charge on any atom is -0.337 e. The lowest BCUT2D eigenvalue weighted by Gasteiger charge is -1.99. The predicted octanol–water partition coefficient (Wildman–Crippen LogP) is 4.35. The van der Waals surface area contributed by atoms with E-state index in [-0.39, 0.29) is 0 Å². The van der Waals surface area contributed by atoms with Gasteiger partial charge < -0.3 is 4.98 Å². The Morgan fingerprint density at radius 2 is 2.11 bits per heavy atom. The molecule has 3 nitrogen and oxygen atoms in total. The lowest BCUT2D eigenvalue weighted by molar-refractivity contribution is 1.28. The molecule has 0 saturated carbocycles. The van der Waals surface area contributed by atoms with Crippen molar-refractivity contribution in [1.29, 1.82) is 0 Å². The predicted molar refractivity (Wildman–Crippen MR) is 76.8 cm³/mol. The summed E-state index contributed by atoms with van der Waals surface area (Å²) < 4.78 is 0.873. The second kappa shape index (κ2) is 4.37. The van der Waals surface area contributed by atoms with Crippen LogP contribution in [0.3, 0.4) is 0 Å². The fourth-order valence-electron chi connectivity index (χ4n) is 1.78. The van der Waals surface area contributed by atoms with Crippen LogP contribution in [-0.4, -0.2) is 15.0 Å². The molecule has 3 aromatic rings. The Morgan fingerprint density at radius 1 is 1.28 bits per heavy atom. The lowest BCUT2D eigenvalue weighted by atomic mass is 10.2. The minimum atomic E-state index is 0.664. The largest absolute Gasteiger partial charge is 0.337 e. The van der Waals surface area contributed by atoms with Crippen LogP contribution in [-0.2, 0) is 0 Å². The van der Waals surface area contributed by atoms with Gasteiger partial charge in [0.25, 0.3) is 0 Å². The van der Waals surface area contributed by atoms with Crippen LogP contribution in [0.2, 0.25) is 5.02 Å². The fraction of sp³-hybridized carbons (Fsp3) is 0.0769. The van der Waals surface area contributed by atoms with Crippen LogP contribution in [0.15, 0.2) is 34.9 Å². The van der Waals surface area contributed by atoms with E-state index in [9.17, 15) is 0 Å². The molecule has 0 aliphatic heterocycles. The van der Waals surface area contributed by atoms with Gasteiger partial charge in [-0.3, -0.25) is 0 Å². The Hall–Kier alpha value is -1.39. The number of nitrogens with zero attached hydrogens (tertiary/aromatic N) is 2. The van der Waals surface area contributed by atoms with Crippen molar-refractivity contribution in [3.05, 3.63) is 45.5 Å². The first-order valence-electron chi connectivity index (χ1n) is 5.41. The molecule has 2 heterocycles. The van der Waals surface area contributed by atoms with E-state index in [0.29, 0.717) is 5.02 Å². The standard InChI is InChI=1S/C13H9BrClN3/c1-7-4-11-13(16-6-7)18-12(17-11)8-2-3-9(14)10(15)5-8/h2-6H,1H3,(H,16,17,18). The van der Waals surface area contributed by atoms with E-state index in [0.717, 1.165) is 32.6 Å². The number of nitrogens with one attached hydrogen (secondary N) is 1. The third-order valence-corrected chi connectivity index (χ3v) is 3.90. The number of fused-ring (bicyclic) bond motifs is 1. The van der Waals surface area contributed by atoms with Crippen molar-refractivity contribution >= 4 is 38.7 Å². The Bertz CT molecular complexity index is 736. The topological polar surface area (TPSA) is 41.6 Å². The molecule has 5 heteroatoms. The van der Waals surface area contributed by atoms with Gasteiger partial charge in [-0.25, -0.2) is 9.97 Å². The number of imidazole rings is 1. The van der Waals surface area contributed by atoms with E-state index in [2.05, 4.69) is 30.9 Å². The molecule has 2 aromatic heterocycles. The zero-order valence-electron chi connectivity index (χ0n) is 9.54. The molecule has 1 aromatic carbocycles. The SMILES string of the molecule is Cc1cnc2nc(-c3ccc(Br)c(Cl)c3)[nH]c2c1. The molecule has 0 radical (unpaired) electrons. The first kappa shape index (κ1) is 11.7. The Morgan fingerprint density at radius 3 is 2.89 bits per heavy atom. The van der Waals surface area contributed by atoms with E-state index in [1.807, 2.05) is 37.4 Å². The van der Waals surface area contributed by atoms with Gasteiger partial charge in [-0.2, -0.15) is 0 Å². The van der Waals surface area contributed by atoms with E-state index in [1.54, 1.807) is 0 Å². The highest BCUT2D eigenvalue weighted by atomic mass is 79.9. The van der Waals surface area contributed by atoms with E-state index >= 15 is 0 Å². The quantitative estimate of drug-likeness (QED) is 0.723. The lowest BCUT2D eigenvalue weighted by Crippen LogP contribution is -1.80. The molecule has 1 N–H and O–H groups in total. The van der Waals surface area contributed by atoms with Gasteiger partial charge in [0, 0.05) is 16.2 Å². The van der Waals surface area contributed by atoms with Crippen LogP contribution in [0, 0.1) is 6.92 Å². The molecule has 0 fully saturated rings. The first-order valence-corrected chi connectivity index (χ1v) is 6.58. The summed E-state index contributed by atoms with van der Waals surface area (Å²) >= 11 is 9.45. The maximum Gasteiger partial charge on any atom is 0.178 e. The van der Waals surface area contributed by atoms with Gasteiger partial charge in [-0.1, -0.05) is 17.7 Å². The zero-order valence-corrected chi connectivity index (χ0v) is 11.9. The van der Waals surface area contributed by atoms with Crippen molar-refractivity contribution in [2.45, 2.75) is 6.92 Å². The highest BCUT2D eigenvalue weighted by molar-refractivity contribution is 9.10. The summed E-state index contributed by atoms with van der Waals surface area (Å²) in [6.45, 7) is 2.00. The van der Waals surface area contributed by atoms with Crippen molar-refractivity contribution in [3.63, 3.8) is 0 Å². The van der Waals surface area contributed by atoms with Gasteiger partial charge in [0.15, 0.2) is 5.65 Å². The van der Waals surface area contributed by atoms with Gasteiger partial charge in [0.05, 0.1) is 10.5 Å². The summed E-state index contributed by atoms with van der Waals surface area (Å²) in [6, 6.07) is 7.76.